The van der Waals surface area contributed by atoms with Gasteiger partial charge in [-0.05, 0) is 31.4 Å². The van der Waals surface area contributed by atoms with Crippen LogP contribution in [0.1, 0.15) is 36.0 Å². The molecule has 1 aromatic carbocycles. The average Bonchev–Trinajstić information content (AvgIpc) is 2.65. The molecule has 1 heterocycles. The Morgan fingerprint density at radius 1 is 1.28 bits per heavy atom. The first-order chi connectivity index (χ1) is 12.1. The zero-order chi connectivity index (χ0) is 18.2. The average molecular weight is 349 g/mol. The number of rotatable bonds is 7. The molecular formula is C18H27N3O4. The summed E-state index contributed by atoms with van der Waals surface area (Å²) in [7, 11) is 3.10. The van der Waals surface area contributed by atoms with Crippen molar-refractivity contribution in [3.05, 3.63) is 23.8 Å². The number of benzene rings is 1. The van der Waals surface area contributed by atoms with Gasteiger partial charge >= 0.3 is 0 Å². The number of methoxy groups -OCH3 is 2. The summed E-state index contributed by atoms with van der Waals surface area (Å²) >= 11 is 0. The van der Waals surface area contributed by atoms with Crippen LogP contribution in [0.15, 0.2) is 18.2 Å². The Hall–Kier alpha value is -2.28. The van der Waals surface area contributed by atoms with E-state index in [1.165, 1.54) is 7.11 Å². The van der Waals surface area contributed by atoms with Gasteiger partial charge in [0.05, 0.1) is 19.8 Å². The molecule has 0 saturated carbocycles. The van der Waals surface area contributed by atoms with E-state index in [-0.39, 0.29) is 17.9 Å². The molecule has 1 aliphatic rings. The van der Waals surface area contributed by atoms with Gasteiger partial charge in [-0.25, -0.2) is 0 Å². The molecule has 3 N–H and O–H groups in total. The van der Waals surface area contributed by atoms with Crippen molar-refractivity contribution in [2.75, 3.05) is 33.9 Å². The van der Waals surface area contributed by atoms with E-state index in [9.17, 15) is 9.59 Å². The molecule has 1 aromatic rings. The molecular weight excluding hydrogens is 322 g/mol. The van der Waals surface area contributed by atoms with Crippen molar-refractivity contribution in [2.45, 2.75) is 31.7 Å². The quantitative estimate of drug-likeness (QED) is 0.770. The van der Waals surface area contributed by atoms with Gasteiger partial charge in [0.25, 0.3) is 5.91 Å². The van der Waals surface area contributed by atoms with Crippen molar-refractivity contribution in [1.29, 1.82) is 0 Å². The lowest BCUT2D eigenvalue weighted by Gasteiger charge is -2.36. The van der Waals surface area contributed by atoms with Gasteiger partial charge in [-0.3, -0.25) is 9.59 Å². The Morgan fingerprint density at radius 3 is 2.76 bits per heavy atom. The first kappa shape index (κ1) is 19.1. The highest BCUT2D eigenvalue weighted by Gasteiger charge is 2.29. The third kappa shape index (κ3) is 4.85. The molecule has 7 nitrogen and oxygen atoms in total. The SMILES string of the molecule is COc1ccc(C(=O)N2CCCCC2CNC(=O)CCN)c(OC)c1. The molecule has 2 amide bonds. The summed E-state index contributed by atoms with van der Waals surface area (Å²) < 4.78 is 10.5. The molecule has 0 bridgehead atoms. The summed E-state index contributed by atoms with van der Waals surface area (Å²) in [5.74, 6) is 0.957. The van der Waals surface area contributed by atoms with Gasteiger partial charge in [0, 0.05) is 38.2 Å². The molecule has 0 radical (unpaired) electrons. The van der Waals surface area contributed by atoms with Gasteiger partial charge in [-0.1, -0.05) is 0 Å². The van der Waals surface area contributed by atoms with Crippen molar-refractivity contribution in [3.8, 4) is 11.5 Å². The Kier molecular flexibility index (Phi) is 7.06. The lowest BCUT2D eigenvalue weighted by Crippen LogP contribution is -2.49. The fraction of sp³-hybridized carbons (Fsp3) is 0.556. The summed E-state index contributed by atoms with van der Waals surface area (Å²) in [6, 6.07) is 5.15. The topological polar surface area (TPSA) is 93.9 Å². The minimum absolute atomic E-state index is 0.0187. The molecule has 138 valence electrons. The Bertz CT molecular complexity index is 606. The van der Waals surface area contributed by atoms with Crippen molar-refractivity contribution in [1.82, 2.24) is 10.2 Å². The predicted octanol–water partition coefficient (Wildman–Crippen LogP) is 1.16. The monoisotopic (exact) mass is 349 g/mol. The number of carbonyl (C=O) groups is 2. The van der Waals surface area contributed by atoms with Crippen molar-refractivity contribution in [3.63, 3.8) is 0 Å². The molecule has 1 unspecified atom stereocenters. The van der Waals surface area contributed by atoms with Gasteiger partial charge in [0.2, 0.25) is 5.91 Å². The summed E-state index contributed by atoms with van der Waals surface area (Å²) in [5, 5.41) is 2.87. The van der Waals surface area contributed by atoms with E-state index in [1.54, 1.807) is 25.3 Å². The molecule has 1 saturated heterocycles. The van der Waals surface area contributed by atoms with Crippen LogP contribution in [-0.4, -0.2) is 56.6 Å². The van der Waals surface area contributed by atoms with Crippen LogP contribution in [0.3, 0.4) is 0 Å². The Morgan fingerprint density at radius 2 is 2.08 bits per heavy atom. The van der Waals surface area contributed by atoms with Crippen LogP contribution >= 0.6 is 0 Å². The van der Waals surface area contributed by atoms with E-state index in [4.69, 9.17) is 15.2 Å². The van der Waals surface area contributed by atoms with E-state index in [2.05, 4.69) is 5.32 Å². The second-order valence-electron chi connectivity index (χ2n) is 6.06. The Labute approximate surface area is 148 Å². The van der Waals surface area contributed by atoms with E-state index < -0.39 is 0 Å². The second kappa shape index (κ2) is 9.27. The molecule has 0 aliphatic carbocycles. The van der Waals surface area contributed by atoms with E-state index in [0.29, 0.717) is 43.1 Å². The van der Waals surface area contributed by atoms with Gasteiger partial charge in [0.15, 0.2) is 0 Å². The zero-order valence-electron chi connectivity index (χ0n) is 14.9. The maximum Gasteiger partial charge on any atom is 0.257 e. The van der Waals surface area contributed by atoms with Crippen LogP contribution < -0.4 is 20.5 Å². The molecule has 2 rings (SSSR count). The fourth-order valence-electron chi connectivity index (χ4n) is 3.06. The van der Waals surface area contributed by atoms with Crippen LogP contribution in [0, 0.1) is 0 Å². The summed E-state index contributed by atoms with van der Waals surface area (Å²) in [6.45, 7) is 1.44. The van der Waals surface area contributed by atoms with Crippen LogP contribution in [0.5, 0.6) is 11.5 Å². The maximum absolute atomic E-state index is 13.0. The highest BCUT2D eigenvalue weighted by atomic mass is 16.5. The molecule has 7 heteroatoms. The number of hydrogen-bond donors (Lipinski definition) is 2. The van der Waals surface area contributed by atoms with Crippen LogP contribution in [0.4, 0.5) is 0 Å². The number of carbonyl (C=O) groups excluding carboxylic acids is 2. The van der Waals surface area contributed by atoms with E-state index >= 15 is 0 Å². The summed E-state index contributed by atoms with van der Waals surface area (Å²) in [6.07, 6.45) is 3.17. The normalized spacial score (nSPS) is 17.1. The lowest BCUT2D eigenvalue weighted by molar-refractivity contribution is -0.121. The number of amides is 2. The summed E-state index contributed by atoms with van der Waals surface area (Å²) in [4.78, 5) is 26.5. The maximum atomic E-state index is 13.0. The van der Waals surface area contributed by atoms with Crippen molar-refractivity contribution < 1.29 is 19.1 Å². The van der Waals surface area contributed by atoms with Crippen molar-refractivity contribution in [2.24, 2.45) is 5.73 Å². The molecule has 1 fully saturated rings. The Balaban J connectivity index is 2.13. The number of hydrogen-bond acceptors (Lipinski definition) is 5. The van der Waals surface area contributed by atoms with E-state index in [0.717, 1.165) is 19.3 Å². The fourth-order valence-corrected chi connectivity index (χ4v) is 3.06. The van der Waals surface area contributed by atoms with Crippen LogP contribution in [0.2, 0.25) is 0 Å². The first-order valence-corrected chi connectivity index (χ1v) is 8.60. The molecule has 1 aliphatic heterocycles. The zero-order valence-corrected chi connectivity index (χ0v) is 14.9. The molecule has 1 atom stereocenters. The molecule has 0 aromatic heterocycles. The largest absolute Gasteiger partial charge is 0.497 e. The highest BCUT2D eigenvalue weighted by molar-refractivity contribution is 5.97. The second-order valence-corrected chi connectivity index (χ2v) is 6.06. The third-order valence-electron chi connectivity index (χ3n) is 4.43. The molecule has 25 heavy (non-hydrogen) atoms. The van der Waals surface area contributed by atoms with E-state index in [1.807, 2.05) is 4.90 Å². The minimum Gasteiger partial charge on any atom is -0.497 e. The van der Waals surface area contributed by atoms with Gasteiger partial charge in [-0.2, -0.15) is 0 Å². The molecule has 0 spiro atoms. The predicted molar refractivity (Wildman–Crippen MR) is 94.9 cm³/mol. The first-order valence-electron chi connectivity index (χ1n) is 8.60. The standard InChI is InChI=1S/C18H27N3O4/c1-24-14-6-7-15(16(11-14)25-2)18(23)21-10-4-3-5-13(21)12-20-17(22)8-9-19/h6-7,11,13H,3-5,8-10,12,19H2,1-2H3,(H,20,22). The number of likely N-dealkylation sites (tertiary alicyclic amines) is 1. The van der Waals surface area contributed by atoms with Gasteiger partial charge in [0.1, 0.15) is 11.5 Å². The minimum atomic E-state index is -0.0859. The number of nitrogens with two attached hydrogens (primary N) is 1. The van der Waals surface area contributed by atoms with Crippen LogP contribution in [-0.2, 0) is 4.79 Å². The smallest absolute Gasteiger partial charge is 0.257 e. The summed E-state index contributed by atoms with van der Waals surface area (Å²) in [5.41, 5.74) is 5.90. The highest BCUT2D eigenvalue weighted by Crippen LogP contribution is 2.28. The number of piperidine rings is 1. The lowest BCUT2D eigenvalue weighted by atomic mass is 10.00. The van der Waals surface area contributed by atoms with Gasteiger partial charge in [-0.15, -0.1) is 0 Å². The number of ether oxygens (including phenoxy) is 2. The number of nitrogens with zero attached hydrogens (tertiary/aromatic N) is 1. The number of nitrogens with one attached hydrogen (secondary N) is 1. The van der Waals surface area contributed by atoms with Crippen LogP contribution in [0.25, 0.3) is 0 Å². The van der Waals surface area contributed by atoms with Gasteiger partial charge < -0.3 is 25.4 Å². The third-order valence-corrected chi connectivity index (χ3v) is 4.43. The van der Waals surface area contributed by atoms with Crippen molar-refractivity contribution >= 4 is 11.8 Å².